The first kappa shape index (κ1) is 17.5. The zero-order chi connectivity index (χ0) is 17.4. The van der Waals surface area contributed by atoms with Gasteiger partial charge < -0.3 is 14.8 Å². The molecule has 0 saturated carbocycles. The van der Waals surface area contributed by atoms with Gasteiger partial charge >= 0.3 is 5.97 Å². The lowest BCUT2D eigenvalue weighted by Gasteiger charge is -2.09. The summed E-state index contributed by atoms with van der Waals surface area (Å²) < 4.78 is 10.1. The van der Waals surface area contributed by atoms with Gasteiger partial charge in [0.1, 0.15) is 5.75 Å². The minimum atomic E-state index is -0.520. The van der Waals surface area contributed by atoms with Crippen molar-refractivity contribution in [1.29, 1.82) is 0 Å². The zero-order valence-corrected chi connectivity index (χ0v) is 13.9. The Labute approximate surface area is 141 Å². The van der Waals surface area contributed by atoms with Crippen LogP contribution in [-0.4, -0.2) is 32.1 Å². The number of hydrogen-bond donors (Lipinski definition) is 1. The van der Waals surface area contributed by atoms with E-state index in [9.17, 15) is 9.59 Å². The maximum absolute atomic E-state index is 12.0. The molecule has 5 heteroatoms. The van der Waals surface area contributed by atoms with Gasteiger partial charge in [-0.05, 0) is 42.7 Å². The number of hydrogen-bond acceptors (Lipinski definition) is 4. The highest BCUT2D eigenvalue weighted by atomic mass is 16.5. The Morgan fingerprint density at radius 2 is 1.83 bits per heavy atom. The first-order chi connectivity index (χ1) is 11.6. The van der Waals surface area contributed by atoms with E-state index in [0.717, 1.165) is 17.5 Å². The average molecular weight is 327 g/mol. The third-order valence-corrected chi connectivity index (χ3v) is 3.57. The predicted molar refractivity (Wildman–Crippen MR) is 91.2 cm³/mol. The first-order valence-electron chi connectivity index (χ1n) is 7.72. The summed E-state index contributed by atoms with van der Waals surface area (Å²) in [5.41, 5.74) is 2.31. The van der Waals surface area contributed by atoms with Crippen LogP contribution >= 0.6 is 0 Å². The zero-order valence-electron chi connectivity index (χ0n) is 13.9. The van der Waals surface area contributed by atoms with E-state index in [1.165, 1.54) is 0 Å². The number of rotatable bonds is 7. The number of nitrogens with one attached hydrogen (secondary N) is 1. The Bertz CT molecular complexity index is 698. The van der Waals surface area contributed by atoms with Crippen LogP contribution in [0.25, 0.3) is 0 Å². The fourth-order valence-corrected chi connectivity index (χ4v) is 2.24. The van der Waals surface area contributed by atoms with Crippen LogP contribution < -0.4 is 10.1 Å². The third kappa shape index (κ3) is 5.12. The van der Waals surface area contributed by atoms with Crippen molar-refractivity contribution in [3.8, 4) is 5.75 Å². The lowest BCUT2D eigenvalue weighted by Crippen LogP contribution is -2.30. The minimum absolute atomic E-state index is 0.293. The van der Waals surface area contributed by atoms with Gasteiger partial charge in [-0.15, -0.1) is 0 Å². The van der Waals surface area contributed by atoms with E-state index in [0.29, 0.717) is 17.9 Å². The Morgan fingerprint density at radius 3 is 2.50 bits per heavy atom. The maximum Gasteiger partial charge on any atom is 0.338 e. The molecular weight excluding hydrogens is 306 g/mol. The Hall–Kier alpha value is -2.82. The average Bonchev–Trinajstić information content (AvgIpc) is 2.60. The van der Waals surface area contributed by atoms with Crippen molar-refractivity contribution in [2.45, 2.75) is 13.3 Å². The van der Waals surface area contributed by atoms with Crippen LogP contribution in [0.2, 0.25) is 0 Å². The van der Waals surface area contributed by atoms with Crippen molar-refractivity contribution in [3.63, 3.8) is 0 Å². The van der Waals surface area contributed by atoms with Crippen molar-refractivity contribution >= 4 is 11.9 Å². The van der Waals surface area contributed by atoms with Gasteiger partial charge in [0.25, 0.3) is 5.91 Å². The molecule has 0 radical (unpaired) electrons. The fraction of sp³-hybridized carbons (Fsp3) is 0.263. The summed E-state index contributed by atoms with van der Waals surface area (Å²) in [6, 6.07) is 14.9. The van der Waals surface area contributed by atoms with Crippen molar-refractivity contribution in [1.82, 2.24) is 5.32 Å². The molecule has 2 rings (SSSR count). The number of carbonyl (C=O) groups is 2. The molecule has 0 spiro atoms. The van der Waals surface area contributed by atoms with Crippen LogP contribution in [0.1, 0.15) is 21.5 Å². The van der Waals surface area contributed by atoms with Crippen molar-refractivity contribution in [2.75, 3.05) is 20.3 Å². The summed E-state index contributed by atoms with van der Waals surface area (Å²) in [5.74, 6) is -0.165. The number of ether oxygens (including phenoxy) is 2. The van der Waals surface area contributed by atoms with Crippen LogP contribution in [0.3, 0.4) is 0 Å². The standard InChI is InChI=1S/C19H21NO4/c1-14-12-16(23-2)8-9-17(14)19(22)24-13-18(21)20-11-10-15-6-4-3-5-7-15/h3-9,12H,10-11,13H2,1-2H3,(H,20,21). The van der Waals surface area contributed by atoms with E-state index >= 15 is 0 Å². The monoisotopic (exact) mass is 327 g/mol. The number of amides is 1. The van der Waals surface area contributed by atoms with Gasteiger partial charge in [-0.1, -0.05) is 30.3 Å². The summed E-state index contributed by atoms with van der Waals surface area (Å²) >= 11 is 0. The molecule has 2 aromatic rings. The van der Waals surface area contributed by atoms with Crippen LogP contribution in [0.15, 0.2) is 48.5 Å². The molecule has 0 unspecified atom stereocenters. The lowest BCUT2D eigenvalue weighted by atomic mass is 10.1. The van der Waals surface area contributed by atoms with Gasteiger partial charge in [0.2, 0.25) is 0 Å². The third-order valence-electron chi connectivity index (χ3n) is 3.57. The van der Waals surface area contributed by atoms with Crippen molar-refractivity contribution in [3.05, 3.63) is 65.2 Å². The van der Waals surface area contributed by atoms with Crippen LogP contribution in [0.4, 0.5) is 0 Å². The van der Waals surface area contributed by atoms with E-state index in [2.05, 4.69) is 5.32 Å². The highest BCUT2D eigenvalue weighted by Crippen LogP contribution is 2.17. The van der Waals surface area contributed by atoms with E-state index < -0.39 is 5.97 Å². The molecule has 24 heavy (non-hydrogen) atoms. The highest BCUT2D eigenvalue weighted by Gasteiger charge is 2.13. The number of aryl methyl sites for hydroxylation is 1. The topological polar surface area (TPSA) is 64.6 Å². The second-order valence-electron chi connectivity index (χ2n) is 5.34. The Balaban J connectivity index is 1.76. The van der Waals surface area contributed by atoms with Gasteiger partial charge in [-0.3, -0.25) is 4.79 Å². The molecule has 126 valence electrons. The summed E-state index contributed by atoms with van der Waals surface area (Å²) in [4.78, 5) is 23.8. The second kappa shape index (κ2) is 8.72. The van der Waals surface area contributed by atoms with Crippen molar-refractivity contribution < 1.29 is 19.1 Å². The van der Waals surface area contributed by atoms with Gasteiger partial charge in [-0.25, -0.2) is 4.79 Å². The molecular formula is C19H21NO4. The lowest BCUT2D eigenvalue weighted by molar-refractivity contribution is -0.124. The predicted octanol–water partition coefficient (Wildman–Crippen LogP) is 2.52. The number of methoxy groups -OCH3 is 1. The summed E-state index contributed by atoms with van der Waals surface area (Å²) in [5, 5.41) is 2.73. The molecule has 0 aromatic heterocycles. The van der Waals surface area contributed by atoms with Gasteiger partial charge in [0.05, 0.1) is 12.7 Å². The minimum Gasteiger partial charge on any atom is -0.497 e. The first-order valence-corrected chi connectivity index (χ1v) is 7.72. The van der Waals surface area contributed by atoms with E-state index in [1.807, 2.05) is 30.3 Å². The second-order valence-corrected chi connectivity index (χ2v) is 5.34. The molecule has 0 fully saturated rings. The van der Waals surface area contributed by atoms with E-state index in [4.69, 9.17) is 9.47 Å². The number of benzene rings is 2. The number of esters is 1. The molecule has 0 aliphatic heterocycles. The molecule has 1 amide bonds. The van der Waals surface area contributed by atoms with Crippen molar-refractivity contribution in [2.24, 2.45) is 0 Å². The van der Waals surface area contributed by atoms with Gasteiger partial charge in [-0.2, -0.15) is 0 Å². The van der Waals surface area contributed by atoms with Crippen LogP contribution in [0, 0.1) is 6.92 Å². The number of carbonyl (C=O) groups excluding carboxylic acids is 2. The maximum atomic E-state index is 12.0. The Morgan fingerprint density at radius 1 is 1.08 bits per heavy atom. The highest BCUT2D eigenvalue weighted by molar-refractivity contribution is 5.92. The van der Waals surface area contributed by atoms with Crippen LogP contribution in [0.5, 0.6) is 5.75 Å². The molecule has 0 heterocycles. The molecule has 2 aromatic carbocycles. The van der Waals surface area contributed by atoms with Crippen LogP contribution in [-0.2, 0) is 16.0 Å². The molecule has 0 atom stereocenters. The van der Waals surface area contributed by atoms with Gasteiger partial charge in [0.15, 0.2) is 6.61 Å². The molecule has 0 aliphatic rings. The summed E-state index contributed by atoms with van der Waals surface area (Å²) in [6.07, 6.45) is 0.734. The molecule has 5 nitrogen and oxygen atoms in total. The quantitative estimate of drug-likeness (QED) is 0.794. The smallest absolute Gasteiger partial charge is 0.338 e. The largest absolute Gasteiger partial charge is 0.497 e. The summed E-state index contributed by atoms with van der Waals surface area (Å²) in [6.45, 7) is 2.00. The van der Waals surface area contributed by atoms with E-state index in [-0.39, 0.29) is 12.5 Å². The molecule has 1 N–H and O–H groups in total. The van der Waals surface area contributed by atoms with E-state index in [1.54, 1.807) is 32.2 Å². The molecule has 0 aliphatic carbocycles. The Kier molecular flexibility index (Phi) is 6.37. The molecule has 0 saturated heterocycles. The SMILES string of the molecule is COc1ccc(C(=O)OCC(=O)NCCc2ccccc2)c(C)c1. The summed E-state index contributed by atoms with van der Waals surface area (Å²) in [7, 11) is 1.56. The normalized spacial score (nSPS) is 10.1. The van der Waals surface area contributed by atoms with Gasteiger partial charge in [0, 0.05) is 6.54 Å². The molecule has 0 bridgehead atoms. The fourth-order valence-electron chi connectivity index (χ4n) is 2.24.